The first-order valence-electron chi connectivity index (χ1n) is 18.0. The number of nitrogens with zero attached hydrogens (tertiary/aromatic N) is 2. The first-order valence-corrected chi connectivity index (χ1v) is 24.2. The van der Waals surface area contributed by atoms with Gasteiger partial charge in [0.25, 0.3) is 0 Å². The Labute approximate surface area is 337 Å². The third kappa shape index (κ3) is 9.97. The molecule has 0 saturated heterocycles. The van der Waals surface area contributed by atoms with E-state index in [4.69, 9.17) is 0 Å². The molecule has 8 rings (SSSR count). The number of hydrogen-bond acceptors (Lipinski definition) is 2. The van der Waals surface area contributed by atoms with Crippen LogP contribution in [0.3, 0.4) is 0 Å². The summed E-state index contributed by atoms with van der Waals surface area (Å²) in [6.45, 7) is 9.11. The Hall–Kier alpha value is -3.40. The molecule has 0 radical (unpaired) electrons. The molecule has 0 unspecified atom stereocenters. The van der Waals surface area contributed by atoms with E-state index in [1.807, 2.05) is 24.5 Å². The van der Waals surface area contributed by atoms with Crippen LogP contribution in [0.5, 0.6) is 0 Å². The van der Waals surface area contributed by atoms with Crippen molar-refractivity contribution in [2.75, 3.05) is 0 Å². The normalized spacial score (nSPS) is 10.6. The molecule has 0 saturated carbocycles. The van der Waals surface area contributed by atoms with Gasteiger partial charge in [0.2, 0.25) is 0 Å². The fourth-order valence-electron chi connectivity index (χ4n) is 6.76. The maximum Gasteiger partial charge on any atom is -1.00 e. The Balaban J connectivity index is 0.000000204. The molecule has 0 aliphatic heterocycles. The summed E-state index contributed by atoms with van der Waals surface area (Å²) in [6, 6.07) is 43.7. The maximum absolute atomic E-state index is 4.62. The molecule has 0 fully saturated rings. The van der Waals surface area contributed by atoms with Gasteiger partial charge in [0.15, 0.2) is 0 Å². The van der Waals surface area contributed by atoms with Crippen molar-refractivity contribution in [1.82, 2.24) is 9.97 Å². The van der Waals surface area contributed by atoms with Crippen LogP contribution in [0.2, 0.25) is 13.1 Å². The van der Waals surface area contributed by atoms with Crippen LogP contribution in [-0.2, 0) is 36.2 Å². The van der Waals surface area contributed by atoms with Crippen molar-refractivity contribution >= 4 is 48.8 Å². The summed E-state index contributed by atoms with van der Waals surface area (Å²) in [4.78, 5) is 9.24. The standard InChI is InChI=1S/2C22H20N.C2H6Si.2ClH.Zr/c2*1-2-3-7-16-14-18-9-5-11-19(21(18)15-16)20-12-4-8-17-10-6-13-23-22(17)20;1-3-2;;;/h2*4-6,8-15H,2-3,7H2,1H3;1-2H3;2*1H;/q2*-1;;;;+2/p-2. The van der Waals surface area contributed by atoms with E-state index < -0.39 is 0 Å². The van der Waals surface area contributed by atoms with Gasteiger partial charge in [0.1, 0.15) is 0 Å². The average Bonchev–Trinajstić information content (AvgIpc) is 3.77. The molecule has 2 heterocycles. The zero-order valence-corrected chi connectivity index (χ0v) is 35.6. The van der Waals surface area contributed by atoms with Crippen LogP contribution in [0.4, 0.5) is 0 Å². The molecule has 8 aromatic rings. The summed E-state index contributed by atoms with van der Waals surface area (Å²) in [5, 5.41) is 7.75. The molecule has 0 aliphatic carbocycles. The van der Waals surface area contributed by atoms with Crippen LogP contribution in [-0.4, -0.2) is 15.4 Å². The number of benzene rings is 4. The Bertz CT molecular complexity index is 2200. The Morgan fingerprint density at radius 2 is 0.904 bits per heavy atom. The monoisotopic (exact) mass is 814 g/mol. The zero-order chi connectivity index (χ0) is 34.9. The average molecular weight is 817 g/mol. The van der Waals surface area contributed by atoms with Gasteiger partial charge in [0, 0.05) is 23.2 Å². The van der Waals surface area contributed by atoms with Crippen LogP contribution in [0.15, 0.2) is 134 Å². The first kappa shape index (κ1) is 41.4. The number of rotatable bonds is 8. The maximum atomic E-state index is 4.62. The van der Waals surface area contributed by atoms with Gasteiger partial charge in [-0.05, 0) is 36.1 Å². The van der Waals surface area contributed by atoms with Gasteiger partial charge in [-0.2, -0.15) is 12.1 Å². The van der Waals surface area contributed by atoms with E-state index >= 15 is 0 Å². The number of aromatic nitrogens is 2. The number of halogens is 2. The number of hydrogen-bond donors (Lipinski definition) is 0. The second kappa shape index (κ2) is 20.2. The molecule has 264 valence electrons. The van der Waals surface area contributed by atoms with Crippen molar-refractivity contribution in [3.63, 3.8) is 0 Å². The van der Waals surface area contributed by atoms with E-state index in [-0.39, 0.29) is 30.2 Å². The minimum Gasteiger partial charge on any atom is -1.00 e. The fourth-order valence-corrected chi connectivity index (χ4v) is 6.76. The third-order valence-electron chi connectivity index (χ3n) is 9.10. The van der Waals surface area contributed by atoms with Gasteiger partial charge in [-0.15, -0.1) is 69.1 Å². The van der Waals surface area contributed by atoms with E-state index in [0.29, 0.717) is 0 Å². The van der Waals surface area contributed by atoms with Gasteiger partial charge in [-0.25, -0.2) is 0 Å². The molecule has 0 bridgehead atoms. The molecule has 2 nitrogen and oxygen atoms in total. The van der Waals surface area contributed by atoms with Gasteiger partial charge >= 0.3 is 41.9 Å². The smallest absolute Gasteiger partial charge is 1.00 e. The number of aryl methyl sites for hydroxylation is 2. The predicted octanol–water partition coefficient (Wildman–Crippen LogP) is 7.03. The number of para-hydroxylation sites is 2. The molecule has 52 heavy (non-hydrogen) atoms. The van der Waals surface area contributed by atoms with E-state index in [9.17, 15) is 0 Å². The minimum atomic E-state index is 0. The van der Waals surface area contributed by atoms with Crippen molar-refractivity contribution in [1.29, 1.82) is 0 Å². The molecular formula is C46H46Cl2N2SiZr-2. The van der Waals surface area contributed by atoms with Crippen molar-refractivity contribution in [3.05, 3.63) is 145 Å². The number of fused-ring (bicyclic) bond motifs is 4. The summed E-state index contributed by atoms with van der Waals surface area (Å²) in [7, 11) is 0. The minimum absolute atomic E-state index is 0. The number of pyridine rings is 2. The molecule has 0 aliphatic rings. The second-order valence-electron chi connectivity index (χ2n) is 13.3. The Kier molecular flexibility index (Phi) is 16.0. The quantitative estimate of drug-likeness (QED) is 0.122. The molecule has 0 N–H and O–H groups in total. The summed E-state index contributed by atoms with van der Waals surface area (Å²) >= 11 is 1.74. The topological polar surface area (TPSA) is 25.8 Å². The van der Waals surface area contributed by atoms with Crippen molar-refractivity contribution in [2.45, 2.75) is 65.5 Å². The fraction of sp³-hybridized carbons (Fsp3) is 0.217. The van der Waals surface area contributed by atoms with Gasteiger partial charge in [-0.1, -0.05) is 111 Å². The van der Waals surface area contributed by atoms with Crippen molar-refractivity contribution in [2.24, 2.45) is 0 Å². The molecule has 2 aromatic heterocycles. The summed E-state index contributed by atoms with van der Waals surface area (Å²) in [6.07, 6.45) is 11.1. The van der Waals surface area contributed by atoms with Gasteiger partial charge < -0.3 is 24.8 Å². The van der Waals surface area contributed by atoms with Gasteiger partial charge in [-0.3, -0.25) is 9.97 Å². The van der Waals surface area contributed by atoms with Crippen LogP contribution in [0, 0.1) is 0 Å². The molecular weight excluding hydrogens is 771 g/mol. The van der Waals surface area contributed by atoms with E-state index in [1.165, 1.54) is 104 Å². The molecule has 6 aromatic carbocycles. The molecule has 0 spiro atoms. The summed E-state index contributed by atoms with van der Waals surface area (Å²) < 4.78 is 0. The molecule has 0 atom stereocenters. The van der Waals surface area contributed by atoms with E-state index in [1.54, 1.807) is 23.3 Å². The third-order valence-corrected chi connectivity index (χ3v) is 9.10. The summed E-state index contributed by atoms with van der Waals surface area (Å²) in [5.74, 6) is 0. The summed E-state index contributed by atoms with van der Waals surface area (Å²) in [5.41, 5.74) is 10.3. The van der Waals surface area contributed by atoms with Gasteiger partial charge in [0.05, 0.1) is 11.0 Å². The second-order valence-corrected chi connectivity index (χ2v) is 22.7. The van der Waals surface area contributed by atoms with E-state index in [0.717, 1.165) is 11.0 Å². The van der Waals surface area contributed by atoms with Crippen molar-refractivity contribution in [3.8, 4) is 22.3 Å². The molecule has 0 amide bonds. The Morgan fingerprint density at radius 1 is 0.538 bits per heavy atom. The van der Waals surface area contributed by atoms with Crippen molar-refractivity contribution < 1.29 is 48.1 Å². The van der Waals surface area contributed by atoms with E-state index in [2.05, 4.69) is 146 Å². The SMILES string of the molecule is CCCCc1cc2c(-c3cccc4cccnc34)cccc2[cH-]1.CCCCc1cc2c(-c3cccc4cccnc34)cccc2[cH-]1.C[Si](C)=[Zr+2].[Cl-].[Cl-]. The predicted molar refractivity (Wildman–Crippen MR) is 215 cm³/mol. The largest absolute Gasteiger partial charge is 1.00 e. The Morgan fingerprint density at radius 3 is 1.31 bits per heavy atom. The van der Waals surface area contributed by atoms with Crippen LogP contribution >= 0.6 is 0 Å². The van der Waals surface area contributed by atoms with Crippen LogP contribution in [0.25, 0.3) is 65.6 Å². The van der Waals surface area contributed by atoms with Crippen LogP contribution < -0.4 is 24.8 Å². The number of unbranched alkanes of at least 4 members (excludes halogenated alkanes) is 2. The van der Waals surface area contributed by atoms with Crippen LogP contribution in [0.1, 0.15) is 50.7 Å². The molecule has 6 heteroatoms. The zero-order valence-electron chi connectivity index (χ0n) is 30.6. The first-order chi connectivity index (χ1) is 24.5.